The van der Waals surface area contributed by atoms with Gasteiger partial charge in [0, 0.05) is 44.1 Å². The number of ether oxygens (including phenoxy) is 5. The third-order valence-corrected chi connectivity index (χ3v) is 15.0. The monoisotopic (exact) mass is 1160 g/mol. The zero-order valence-electron chi connectivity index (χ0n) is 46.3. The number of rotatable bonds is 9. The quantitative estimate of drug-likeness (QED) is 0.0998. The van der Waals surface area contributed by atoms with E-state index in [1.807, 2.05) is 6.92 Å². The van der Waals surface area contributed by atoms with E-state index in [0.29, 0.717) is 0 Å². The predicted molar refractivity (Wildman–Crippen MR) is 288 cm³/mol. The van der Waals surface area contributed by atoms with E-state index in [1.165, 1.54) is 19.1 Å². The maximum atomic E-state index is 13.8. The van der Waals surface area contributed by atoms with Crippen LogP contribution in [0.2, 0.25) is 0 Å². The standard InChI is InChI=1S/C56H90N2O23/c1-31-17-15-13-11-9-7-5-6-8-10-12-14-16-18-39(80-54-51(72)47(49(70)34(4)79-54)58-30-56(76)52(73)50(71)43(67)29-77-56)24-44-46(53(74)57-27-38(63)28-59)42(66)26-55(75,81-44)25-37(62)22-41(65)40(64)20-19-35(60)21-36(61)23-45(68)78-33(3)32(2)48(31)69/h5-18,31-44,46-52,54,58-67,69-73,75-76H,19-30H2,1-4H3,(H,57,74)/t31-,32-,33-,34+,35+,36+,37-,38?,39-,40+,41+,42-,43+,44?,46?,47-,48+,49+,50+,51-,52-,54?,55+,56+/m0/s1. The van der Waals surface area contributed by atoms with E-state index in [0.717, 1.165) is 0 Å². The Morgan fingerprint density at radius 2 is 1.28 bits per heavy atom. The van der Waals surface area contributed by atoms with Crippen LogP contribution in [-0.4, -0.2) is 248 Å². The molecule has 18 N–H and O–H groups in total. The molecule has 4 aliphatic heterocycles. The zero-order chi connectivity index (χ0) is 60.2. The average Bonchev–Trinajstić information content (AvgIpc) is 3.41. The lowest BCUT2D eigenvalue weighted by Crippen LogP contribution is -2.69. The van der Waals surface area contributed by atoms with Gasteiger partial charge in [-0.1, -0.05) is 98.9 Å². The lowest BCUT2D eigenvalue weighted by atomic mass is 9.82. The molecule has 25 heteroatoms. The molecule has 0 aromatic heterocycles. The summed E-state index contributed by atoms with van der Waals surface area (Å²) in [7, 11) is 0. The number of aliphatic hydroxyl groups excluding tert-OH is 14. The van der Waals surface area contributed by atoms with Gasteiger partial charge in [0.1, 0.15) is 30.5 Å². The van der Waals surface area contributed by atoms with Crippen molar-refractivity contribution in [2.75, 3.05) is 26.3 Å². The van der Waals surface area contributed by atoms with Gasteiger partial charge in [0.2, 0.25) is 11.7 Å². The summed E-state index contributed by atoms with van der Waals surface area (Å²) in [6.07, 6.45) is -6.03. The van der Waals surface area contributed by atoms with Crippen molar-refractivity contribution in [1.82, 2.24) is 10.6 Å². The van der Waals surface area contributed by atoms with Gasteiger partial charge in [-0.3, -0.25) is 9.59 Å². The van der Waals surface area contributed by atoms with Crippen LogP contribution in [0.25, 0.3) is 0 Å². The van der Waals surface area contributed by atoms with E-state index in [1.54, 1.807) is 86.8 Å². The number of allylic oxidation sites excluding steroid dienone is 12. The van der Waals surface area contributed by atoms with Crippen molar-refractivity contribution in [3.63, 3.8) is 0 Å². The van der Waals surface area contributed by atoms with E-state index in [4.69, 9.17) is 23.7 Å². The Morgan fingerprint density at radius 3 is 1.90 bits per heavy atom. The molecule has 0 radical (unpaired) electrons. The SMILES string of the molecule is C[C@@H]1[C@H](O)[C@@H](C)C=CC=CC=CC=CC=CC=CC=C[C@H](OC2O[C@H](C)[C@@H](O)[C@H](NC[C@@]3(O)OC[C@@H](O)[C@@H](O)[C@@H]3O)[C@@H]2O)CC2O[C@](O)(C[C@@H](O)C[C@@H](O)[C@H](O)CC[C@@H](O)C[C@@H](O)CC(=O)O[C@H]1C)C[C@H](O)C2C(=O)NCC(O)CO. The molecule has 4 heterocycles. The lowest BCUT2D eigenvalue weighted by molar-refractivity contribution is -0.323. The van der Waals surface area contributed by atoms with E-state index in [9.17, 15) is 91.3 Å². The van der Waals surface area contributed by atoms with Crippen LogP contribution in [-0.2, 0) is 33.3 Å². The molecule has 0 aromatic rings. The number of carbonyl (C=O) groups excluding carboxylic acids is 2. The van der Waals surface area contributed by atoms with Crippen LogP contribution in [0.4, 0.5) is 0 Å². The van der Waals surface area contributed by atoms with Gasteiger partial charge in [0.25, 0.3) is 0 Å². The summed E-state index contributed by atoms with van der Waals surface area (Å²) in [5.41, 5.74) is 0. The number of aliphatic hydroxyl groups is 16. The smallest absolute Gasteiger partial charge is 0.308 e. The summed E-state index contributed by atoms with van der Waals surface area (Å²) in [5.74, 6) is -8.93. The van der Waals surface area contributed by atoms with Crippen LogP contribution in [0.5, 0.6) is 0 Å². The molecule has 3 fully saturated rings. The normalized spacial score (nSPS) is 42.2. The minimum atomic E-state index is -2.49. The fraction of sp³-hybridized carbons (Fsp3) is 0.714. The average molecular weight is 1160 g/mol. The molecular weight excluding hydrogens is 1070 g/mol. The van der Waals surface area contributed by atoms with Gasteiger partial charge in [-0.05, 0) is 33.1 Å². The minimum absolute atomic E-state index is 0.156. The maximum absolute atomic E-state index is 13.8. The van der Waals surface area contributed by atoms with Crippen LogP contribution in [0.15, 0.2) is 85.1 Å². The molecule has 0 aromatic carbocycles. The summed E-state index contributed by atoms with van der Waals surface area (Å²) in [6, 6.07) is -1.38. The molecule has 24 atom stereocenters. The minimum Gasteiger partial charge on any atom is -0.462 e. The van der Waals surface area contributed by atoms with Gasteiger partial charge in [-0.25, -0.2) is 0 Å². The topological polar surface area (TPSA) is 428 Å². The fourth-order valence-electron chi connectivity index (χ4n) is 9.91. The lowest BCUT2D eigenvalue weighted by Gasteiger charge is -2.47. The molecule has 0 spiro atoms. The number of esters is 1. The number of nitrogens with one attached hydrogen (secondary N) is 2. The third kappa shape index (κ3) is 22.0. The first-order valence-corrected chi connectivity index (χ1v) is 27.6. The first-order chi connectivity index (χ1) is 38.2. The zero-order valence-corrected chi connectivity index (χ0v) is 46.3. The highest BCUT2D eigenvalue weighted by atomic mass is 16.7. The van der Waals surface area contributed by atoms with Crippen molar-refractivity contribution in [2.45, 2.75) is 207 Å². The van der Waals surface area contributed by atoms with Gasteiger partial charge in [0.15, 0.2) is 12.1 Å². The summed E-state index contributed by atoms with van der Waals surface area (Å²) < 4.78 is 29.1. The van der Waals surface area contributed by atoms with Crippen molar-refractivity contribution in [3.8, 4) is 0 Å². The van der Waals surface area contributed by atoms with Crippen molar-refractivity contribution in [3.05, 3.63) is 85.1 Å². The second kappa shape index (κ2) is 33.7. The van der Waals surface area contributed by atoms with E-state index in [2.05, 4.69) is 10.6 Å². The highest BCUT2D eigenvalue weighted by molar-refractivity contribution is 5.80. The van der Waals surface area contributed by atoms with Crippen LogP contribution in [0.3, 0.4) is 0 Å². The van der Waals surface area contributed by atoms with Crippen molar-refractivity contribution >= 4 is 11.9 Å². The molecule has 3 saturated heterocycles. The summed E-state index contributed by atoms with van der Waals surface area (Å²) in [5, 5.41) is 178. The molecule has 0 aliphatic carbocycles. The maximum Gasteiger partial charge on any atom is 0.308 e. The number of hydrogen-bond donors (Lipinski definition) is 18. The third-order valence-electron chi connectivity index (χ3n) is 15.0. The highest BCUT2D eigenvalue weighted by Gasteiger charge is 2.53. The van der Waals surface area contributed by atoms with E-state index < -0.39 is 210 Å². The Balaban J connectivity index is 1.65. The largest absolute Gasteiger partial charge is 0.462 e. The van der Waals surface area contributed by atoms with Gasteiger partial charge in [0.05, 0.1) is 111 Å². The summed E-state index contributed by atoms with van der Waals surface area (Å²) in [6.45, 7) is 4.17. The van der Waals surface area contributed by atoms with Crippen LogP contribution < -0.4 is 10.6 Å². The number of carbonyl (C=O) groups is 2. The van der Waals surface area contributed by atoms with E-state index >= 15 is 0 Å². The molecule has 0 saturated carbocycles. The number of hydrogen-bond acceptors (Lipinski definition) is 24. The van der Waals surface area contributed by atoms with Gasteiger partial charge < -0.3 is 116 Å². The van der Waals surface area contributed by atoms with E-state index in [-0.39, 0.29) is 25.2 Å². The molecule has 4 unspecified atom stereocenters. The molecule has 81 heavy (non-hydrogen) atoms. The number of amides is 1. The Bertz CT molecular complexity index is 2110. The molecule has 4 aliphatic rings. The molecule has 4 rings (SSSR count). The second-order valence-electron chi connectivity index (χ2n) is 21.8. The van der Waals surface area contributed by atoms with Gasteiger partial charge in [-0.15, -0.1) is 0 Å². The molecular formula is C56H90N2O23. The van der Waals surface area contributed by atoms with Crippen molar-refractivity contribution in [2.24, 2.45) is 17.8 Å². The van der Waals surface area contributed by atoms with Crippen LogP contribution in [0, 0.1) is 17.8 Å². The molecule has 1 amide bonds. The highest BCUT2D eigenvalue weighted by Crippen LogP contribution is 2.38. The first kappa shape index (κ1) is 69.8. The summed E-state index contributed by atoms with van der Waals surface area (Å²) >= 11 is 0. The Kier molecular flexibility index (Phi) is 29.0. The predicted octanol–water partition coefficient (Wildman–Crippen LogP) is -3.47. The Morgan fingerprint density at radius 1 is 0.679 bits per heavy atom. The van der Waals surface area contributed by atoms with Crippen molar-refractivity contribution < 1.29 is 115 Å². The molecule has 25 nitrogen and oxygen atoms in total. The second-order valence-corrected chi connectivity index (χ2v) is 21.8. The Hall–Kier alpha value is -3.72. The molecule has 2 bridgehead atoms. The van der Waals surface area contributed by atoms with Crippen LogP contribution >= 0.6 is 0 Å². The van der Waals surface area contributed by atoms with Crippen LogP contribution in [0.1, 0.15) is 79.1 Å². The molecule has 462 valence electrons. The number of cyclic esters (lactones) is 1. The fourth-order valence-corrected chi connectivity index (χ4v) is 9.91. The van der Waals surface area contributed by atoms with Gasteiger partial charge in [-0.2, -0.15) is 0 Å². The first-order valence-electron chi connectivity index (χ1n) is 27.6. The summed E-state index contributed by atoms with van der Waals surface area (Å²) in [4.78, 5) is 26.6. The number of fused-ring (bicyclic) bond motifs is 2. The Labute approximate surface area is 472 Å². The van der Waals surface area contributed by atoms with Crippen molar-refractivity contribution in [1.29, 1.82) is 0 Å². The van der Waals surface area contributed by atoms with Gasteiger partial charge >= 0.3 is 5.97 Å².